The first kappa shape index (κ1) is 12.1. The number of hydrogen-bond donors (Lipinski definition) is 0. The highest BCUT2D eigenvalue weighted by Gasteiger charge is 2.37. The molecule has 0 amide bonds. The standard InChI is InChI=1S/C14H28/c1-10(2)6-7-13-9-14(13)8-12(5)11(3)4/h10-14H,6-9H2,1-5H3/t12-,13?,14?/m1/s1. The van der Waals surface area contributed by atoms with Crippen molar-refractivity contribution < 1.29 is 0 Å². The van der Waals surface area contributed by atoms with Crippen molar-refractivity contribution in [3.63, 3.8) is 0 Å². The van der Waals surface area contributed by atoms with Crippen LogP contribution in [0.5, 0.6) is 0 Å². The van der Waals surface area contributed by atoms with Crippen molar-refractivity contribution >= 4 is 0 Å². The highest BCUT2D eigenvalue weighted by molar-refractivity contribution is 4.87. The minimum absolute atomic E-state index is 0.876. The van der Waals surface area contributed by atoms with E-state index < -0.39 is 0 Å². The molecule has 0 heterocycles. The lowest BCUT2D eigenvalue weighted by atomic mass is 9.91. The van der Waals surface area contributed by atoms with Gasteiger partial charge in [0.15, 0.2) is 0 Å². The van der Waals surface area contributed by atoms with Gasteiger partial charge in [-0.25, -0.2) is 0 Å². The molecule has 0 aromatic carbocycles. The molecular weight excluding hydrogens is 168 g/mol. The fourth-order valence-electron chi connectivity index (χ4n) is 2.25. The molecule has 0 aromatic rings. The third kappa shape index (κ3) is 4.02. The average molecular weight is 196 g/mol. The first-order valence-corrected chi connectivity index (χ1v) is 6.50. The van der Waals surface area contributed by atoms with Crippen LogP contribution in [0.15, 0.2) is 0 Å². The Hall–Kier alpha value is 0. The molecule has 1 aliphatic rings. The van der Waals surface area contributed by atoms with Crippen molar-refractivity contribution in [3.05, 3.63) is 0 Å². The maximum atomic E-state index is 2.42. The second-order valence-electron chi connectivity index (χ2n) is 6.18. The molecule has 1 saturated carbocycles. The Morgan fingerprint density at radius 3 is 2.14 bits per heavy atom. The molecule has 1 aliphatic carbocycles. The highest BCUT2D eigenvalue weighted by atomic mass is 14.4. The molecule has 14 heavy (non-hydrogen) atoms. The van der Waals surface area contributed by atoms with Crippen molar-refractivity contribution in [2.75, 3.05) is 0 Å². The lowest BCUT2D eigenvalue weighted by Crippen LogP contribution is -2.05. The largest absolute Gasteiger partial charge is 0.0628 e. The highest BCUT2D eigenvalue weighted by Crippen LogP contribution is 2.47. The smallest absolute Gasteiger partial charge is 0.0380 e. The first-order chi connectivity index (χ1) is 6.50. The lowest BCUT2D eigenvalue weighted by Gasteiger charge is -2.15. The average Bonchev–Trinajstić information content (AvgIpc) is 2.79. The number of hydrogen-bond acceptors (Lipinski definition) is 0. The summed E-state index contributed by atoms with van der Waals surface area (Å²) in [4.78, 5) is 0. The summed E-state index contributed by atoms with van der Waals surface area (Å²) in [6, 6.07) is 0. The third-order valence-electron chi connectivity index (χ3n) is 4.00. The fourth-order valence-corrected chi connectivity index (χ4v) is 2.25. The third-order valence-corrected chi connectivity index (χ3v) is 4.00. The molecule has 1 rings (SSSR count). The van der Waals surface area contributed by atoms with Crippen LogP contribution < -0.4 is 0 Å². The van der Waals surface area contributed by atoms with Gasteiger partial charge in [0.25, 0.3) is 0 Å². The van der Waals surface area contributed by atoms with Gasteiger partial charge in [-0.3, -0.25) is 0 Å². The van der Waals surface area contributed by atoms with Gasteiger partial charge in [0, 0.05) is 0 Å². The maximum Gasteiger partial charge on any atom is -0.0380 e. The molecule has 0 nitrogen and oxygen atoms in total. The first-order valence-electron chi connectivity index (χ1n) is 6.50. The van der Waals surface area contributed by atoms with E-state index in [0.29, 0.717) is 0 Å². The van der Waals surface area contributed by atoms with Crippen LogP contribution in [0.1, 0.15) is 60.3 Å². The van der Waals surface area contributed by atoms with Crippen LogP contribution >= 0.6 is 0 Å². The normalized spacial score (nSPS) is 28.5. The van der Waals surface area contributed by atoms with Crippen molar-refractivity contribution in [2.45, 2.75) is 60.3 Å². The van der Waals surface area contributed by atoms with E-state index in [2.05, 4.69) is 34.6 Å². The molecule has 0 spiro atoms. The van der Waals surface area contributed by atoms with Gasteiger partial charge < -0.3 is 0 Å². The van der Waals surface area contributed by atoms with Crippen molar-refractivity contribution in [1.82, 2.24) is 0 Å². The monoisotopic (exact) mass is 196 g/mol. The molecule has 0 heteroatoms. The Kier molecular flexibility index (Phi) is 4.47. The summed E-state index contributed by atoms with van der Waals surface area (Å²) >= 11 is 0. The Balaban J connectivity index is 2.08. The van der Waals surface area contributed by atoms with Crippen molar-refractivity contribution in [2.24, 2.45) is 29.6 Å². The molecule has 0 aliphatic heterocycles. The van der Waals surface area contributed by atoms with Crippen LogP contribution in [0.4, 0.5) is 0 Å². The Morgan fingerprint density at radius 1 is 1.00 bits per heavy atom. The molecule has 0 aromatic heterocycles. The van der Waals surface area contributed by atoms with Gasteiger partial charge in [-0.1, -0.05) is 41.0 Å². The Labute approximate surface area is 90.5 Å². The zero-order chi connectivity index (χ0) is 10.7. The predicted molar refractivity (Wildman–Crippen MR) is 64.3 cm³/mol. The van der Waals surface area contributed by atoms with Crippen molar-refractivity contribution in [1.29, 1.82) is 0 Å². The van der Waals surface area contributed by atoms with Crippen molar-refractivity contribution in [3.8, 4) is 0 Å². The van der Waals surface area contributed by atoms with E-state index in [1.165, 1.54) is 25.7 Å². The van der Waals surface area contributed by atoms with E-state index in [1.54, 1.807) is 0 Å². The van der Waals surface area contributed by atoms with Gasteiger partial charge in [-0.2, -0.15) is 0 Å². The van der Waals surface area contributed by atoms with Gasteiger partial charge in [0.2, 0.25) is 0 Å². The SMILES string of the molecule is CC(C)CCC1CC1C[C@@H](C)C(C)C. The van der Waals surface area contributed by atoms with E-state index in [9.17, 15) is 0 Å². The molecule has 3 atom stereocenters. The number of rotatable bonds is 6. The predicted octanol–water partition coefficient (Wildman–Crippen LogP) is 4.74. The van der Waals surface area contributed by atoms with Crippen LogP contribution in [0, 0.1) is 29.6 Å². The fraction of sp³-hybridized carbons (Fsp3) is 1.00. The molecule has 84 valence electrons. The molecule has 0 N–H and O–H groups in total. The van der Waals surface area contributed by atoms with E-state index >= 15 is 0 Å². The van der Waals surface area contributed by atoms with Gasteiger partial charge in [0.05, 0.1) is 0 Å². The Bertz CT molecular complexity index is 157. The summed E-state index contributed by atoms with van der Waals surface area (Å²) in [6.45, 7) is 11.8. The Morgan fingerprint density at radius 2 is 1.64 bits per heavy atom. The zero-order valence-electron chi connectivity index (χ0n) is 10.7. The maximum absolute atomic E-state index is 2.42. The lowest BCUT2D eigenvalue weighted by molar-refractivity contribution is 0.359. The zero-order valence-corrected chi connectivity index (χ0v) is 10.7. The van der Waals surface area contributed by atoms with Crippen LogP contribution in [-0.4, -0.2) is 0 Å². The van der Waals surface area contributed by atoms with Gasteiger partial charge in [0.1, 0.15) is 0 Å². The van der Waals surface area contributed by atoms with Gasteiger partial charge in [-0.05, 0) is 48.9 Å². The molecule has 0 bridgehead atoms. The summed E-state index contributed by atoms with van der Waals surface area (Å²) < 4.78 is 0. The summed E-state index contributed by atoms with van der Waals surface area (Å²) in [7, 11) is 0. The van der Waals surface area contributed by atoms with Crippen LogP contribution in [0.3, 0.4) is 0 Å². The van der Waals surface area contributed by atoms with Crippen LogP contribution in [0.2, 0.25) is 0 Å². The minimum Gasteiger partial charge on any atom is -0.0628 e. The molecule has 2 unspecified atom stereocenters. The van der Waals surface area contributed by atoms with E-state index in [4.69, 9.17) is 0 Å². The van der Waals surface area contributed by atoms with Gasteiger partial charge in [-0.15, -0.1) is 0 Å². The molecule has 1 fully saturated rings. The van der Waals surface area contributed by atoms with E-state index in [0.717, 1.165) is 29.6 Å². The quantitative estimate of drug-likeness (QED) is 0.575. The topological polar surface area (TPSA) is 0 Å². The summed E-state index contributed by atoms with van der Waals surface area (Å²) in [5, 5.41) is 0. The second-order valence-corrected chi connectivity index (χ2v) is 6.18. The molecule has 0 saturated heterocycles. The summed E-state index contributed by atoms with van der Waals surface area (Å²) in [5.74, 6) is 4.90. The van der Waals surface area contributed by atoms with E-state index in [1.807, 2.05) is 0 Å². The summed E-state index contributed by atoms with van der Waals surface area (Å²) in [5.41, 5.74) is 0. The minimum atomic E-state index is 0.876. The van der Waals surface area contributed by atoms with Crippen LogP contribution in [-0.2, 0) is 0 Å². The second kappa shape index (κ2) is 5.19. The van der Waals surface area contributed by atoms with Gasteiger partial charge >= 0.3 is 0 Å². The van der Waals surface area contributed by atoms with E-state index in [-0.39, 0.29) is 0 Å². The summed E-state index contributed by atoms with van der Waals surface area (Å²) in [6.07, 6.45) is 5.95. The molecule has 0 radical (unpaired) electrons. The van der Waals surface area contributed by atoms with Crippen LogP contribution in [0.25, 0.3) is 0 Å². The molecular formula is C14H28.